The Balaban J connectivity index is 1.47. The van der Waals surface area contributed by atoms with Crippen molar-refractivity contribution in [3.63, 3.8) is 0 Å². The van der Waals surface area contributed by atoms with Crippen molar-refractivity contribution in [3.8, 4) is 0 Å². The SMILES string of the molecule is CC1(C)O[C@@H]2[C@H](O1)[C@@H](CO[Si](C)(C)C(C)(C)C)O[C@H]2n1cc(I)c2c(Nc3ccccc3)ncnc21. The Morgan fingerprint density at radius 3 is 2.50 bits per heavy atom. The Morgan fingerprint density at radius 1 is 1.11 bits per heavy atom. The Hall–Kier alpha value is -1.57. The van der Waals surface area contributed by atoms with Crippen LogP contribution in [0.2, 0.25) is 18.1 Å². The van der Waals surface area contributed by atoms with Gasteiger partial charge >= 0.3 is 0 Å². The topological polar surface area (TPSA) is 79.7 Å². The third kappa shape index (κ3) is 4.83. The smallest absolute Gasteiger partial charge is 0.192 e. The van der Waals surface area contributed by atoms with E-state index in [1.165, 1.54) is 0 Å². The molecule has 36 heavy (non-hydrogen) atoms. The van der Waals surface area contributed by atoms with Gasteiger partial charge in [0.2, 0.25) is 0 Å². The van der Waals surface area contributed by atoms with Gasteiger partial charge in [-0.2, -0.15) is 0 Å². The van der Waals surface area contributed by atoms with E-state index in [0.29, 0.717) is 6.61 Å². The Labute approximate surface area is 227 Å². The van der Waals surface area contributed by atoms with Crippen LogP contribution in [0.15, 0.2) is 42.9 Å². The number of nitrogens with zero attached hydrogens (tertiary/aromatic N) is 3. The van der Waals surface area contributed by atoms with E-state index in [2.05, 4.69) is 82.5 Å². The standard InChI is InChI=1S/C26H35IN4O4Si/c1-25(2,3)36(6,7)32-14-18-20-21(35-26(4,5)34-20)24(33-18)31-13-17(27)19-22(28-15-29-23(19)31)30-16-11-9-8-10-12-16/h8-13,15,18,20-21,24H,14H2,1-7H3,(H,28,29,30)/t18-,20-,21-,24-/m1/s1. The van der Waals surface area contributed by atoms with Crippen LogP contribution in [0, 0.1) is 3.57 Å². The summed E-state index contributed by atoms with van der Waals surface area (Å²) < 4.78 is 29.0. The zero-order valence-corrected chi connectivity index (χ0v) is 25.1. The summed E-state index contributed by atoms with van der Waals surface area (Å²) >= 11 is 2.33. The molecule has 0 spiro atoms. The van der Waals surface area contributed by atoms with Crippen LogP contribution in [0.1, 0.15) is 40.8 Å². The molecule has 0 unspecified atom stereocenters. The highest BCUT2D eigenvalue weighted by atomic mass is 127. The molecule has 0 aliphatic carbocycles. The maximum Gasteiger partial charge on any atom is 0.192 e. The zero-order chi connectivity index (χ0) is 25.9. The van der Waals surface area contributed by atoms with Gasteiger partial charge in [-0.25, -0.2) is 9.97 Å². The van der Waals surface area contributed by atoms with E-state index in [0.717, 1.165) is 26.1 Å². The highest BCUT2D eigenvalue weighted by Crippen LogP contribution is 2.46. The van der Waals surface area contributed by atoms with Gasteiger partial charge in [0.05, 0.1) is 12.0 Å². The fourth-order valence-electron chi connectivity index (χ4n) is 4.51. The number of hydrogen-bond acceptors (Lipinski definition) is 7. The first-order valence-electron chi connectivity index (χ1n) is 12.3. The quantitative estimate of drug-likeness (QED) is 0.258. The Kier molecular flexibility index (Phi) is 6.74. The van der Waals surface area contributed by atoms with E-state index >= 15 is 0 Å². The van der Waals surface area contributed by atoms with Crippen LogP contribution in [0.4, 0.5) is 11.5 Å². The normalized spacial score (nSPS) is 25.9. The largest absolute Gasteiger partial charge is 0.414 e. The number of rotatable bonds is 6. The van der Waals surface area contributed by atoms with Crippen LogP contribution in [0.25, 0.3) is 11.0 Å². The number of ether oxygens (including phenoxy) is 3. The third-order valence-corrected chi connectivity index (χ3v) is 12.7. The maximum absolute atomic E-state index is 6.62. The van der Waals surface area contributed by atoms with E-state index < -0.39 is 20.3 Å². The minimum absolute atomic E-state index is 0.114. The summed E-state index contributed by atoms with van der Waals surface area (Å²) in [6.07, 6.45) is 2.50. The second kappa shape index (κ2) is 9.32. The van der Waals surface area contributed by atoms with Crippen LogP contribution < -0.4 is 5.32 Å². The lowest BCUT2D eigenvalue weighted by Crippen LogP contribution is -2.44. The molecule has 8 nitrogen and oxygen atoms in total. The molecular formula is C26H35IN4O4Si. The summed E-state index contributed by atoms with van der Waals surface area (Å²) in [5.41, 5.74) is 1.76. The van der Waals surface area contributed by atoms with Gasteiger partial charge < -0.3 is 28.5 Å². The van der Waals surface area contributed by atoms with Crippen molar-refractivity contribution in [2.45, 2.75) is 83.1 Å². The summed E-state index contributed by atoms with van der Waals surface area (Å²) in [4.78, 5) is 9.18. The van der Waals surface area contributed by atoms with Gasteiger partial charge in [0.15, 0.2) is 20.3 Å². The summed E-state index contributed by atoms with van der Waals surface area (Å²) in [5.74, 6) is 0.0585. The average molecular weight is 623 g/mol. The number of benzene rings is 1. The average Bonchev–Trinajstić information content (AvgIpc) is 3.41. The minimum Gasteiger partial charge on any atom is -0.414 e. The second-order valence-corrected chi connectivity index (χ2v) is 17.5. The molecule has 2 aromatic heterocycles. The van der Waals surface area contributed by atoms with Crippen molar-refractivity contribution >= 4 is 53.4 Å². The Morgan fingerprint density at radius 2 is 1.81 bits per heavy atom. The maximum atomic E-state index is 6.62. The van der Waals surface area contributed by atoms with Gasteiger partial charge in [0.1, 0.15) is 36.1 Å². The van der Waals surface area contributed by atoms with Crippen LogP contribution in [-0.2, 0) is 18.6 Å². The molecular weight excluding hydrogens is 587 g/mol. The van der Waals surface area contributed by atoms with E-state index in [1.54, 1.807) is 6.33 Å². The van der Waals surface area contributed by atoms with Gasteiger partial charge in [-0.3, -0.25) is 0 Å². The molecule has 2 saturated heterocycles. The zero-order valence-electron chi connectivity index (χ0n) is 21.9. The van der Waals surface area contributed by atoms with Crippen LogP contribution in [-0.4, -0.2) is 53.6 Å². The molecule has 0 radical (unpaired) electrons. The van der Waals surface area contributed by atoms with E-state index in [1.807, 2.05) is 44.2 Å². The van der Waals surface area contributed by atoms with E-state index in [4.69, 9.17) is 18.6 Å². The van der Waals surface area contributed by atoms with Crippen molar-refractivity contribution in [1.29, 1.82) is 0 Å². The number of aromatic nitrogens is 3. The third-order valence-electron chi connectivity index (χ3n) is 7.41. The predicted octanol–water partition coefficient (Wildman–Crippen LogP) is 6.22. The number of nitrogens with one attached hydrogen (secondary N) is 1. The summed E-state index contributed by atoms with van der Waals surface area (Å²) in [6.45, 7) is 15.6. The molecule has 4 heterocycles. The molecule has 0 saturated carbocycles. The molecule has 2 aliphatic rings. The van der Waals surface area contributed by atoms with Crippen molar-refractivity contribution in [3.05, 3.63) is 46.4 Å². The highest BCUT2D eigenvalue weighted by Gasteiger charge is 2.56. The molecule has 2 aliphatic heterocycles. The molecule has 4 atom stereocenters. The van der Waals surface area contributed by atoms with Crippen LogP contribution >= 0.6 is 22.6 Å². The second-order valence-electron chi connectivity index (χ2n) is 11.5. The van der Waals surface area contributed by atoms with Crippen molar-refractivity contribution < 1.29 is 18.6 Å². The van der Waals surface area contributed by atoms with Gasteiger partial charge in [-0.1, -0.05) is 39.0 Å². The van der Waals surface area contributed by atoms with Crippen molar-refractivity contribution in [2.75, 3.05) is 11.9 Å². The minimum atomic E-state index is -1.95. The fourth-order valence-corrected chi connectivity index (χ4v) is 6.32. The van der Waals surface area contributed by atoms with E-state index in [-0.39, 0.29) is 23.4 Å². The molecule has 194 valence electrons. The molecule has 1 N–H and O–H groups in total. The van der Waals surface area contributed by atoms with Gasteiger partial charge in [0, 0.05) is 15.5 Å². The van der Waals surface area contributed by atoms with Crippen molar-refractivity contribution in [1.82, 2.24) is 14.5 Å². The van der Waals surface area contributed by atoms with Crippen LogP contribution in [0.3, 0.4) is 0 Å². The summed E-state index contributed by atoms with van der Waals surface area (Å²) in [7, 11) is -1.95. The molecule has 0 amide bonds. The monoisotopic (exact) mass is 622 g/mol. The number of anilines is 2. The molecule has 3 aromatic rings. The number of para-hydroxylation sites is 1. The first kappa shape index (κ1) is 26.1. The Bertz CT molecular complexity index is 1240. The van der Waals surface area contributed by atoms with Gasteiger partial charge in [0.25, 0.3) is 0 Å². The molecule has 5 rings (SSSR count). The van der Waals surface area contributed by atoms with Gasteiger partial charge in [-0.15, -0.1) is 0 Å². The predicted molar refractivity (Wildman–Crippen MR) is 151 cm³/mol. The lowest BCUT2D eigenvalue weighted by molar-refractivity contribution is -0.199. The first-order valence-corrected chi connectivity index (χ1v) is 16.3. The number of hydrogen-bond donors (Lipinski definition) is 1. The molecule has 2 fully saturated rings. The molecule has 10 heteroatoms. The summed E-state index contributed by atoms with van der Waals surface area (Å²) in [5, 5.41) is 4.49. The molecule has 0 bridgehead atoms. The first-order chi connectivity index (χ1) is 16.9. The fraction of sp³-hybridized carbons (Fsp3) is 0.538. The lowest BCUT2D eigenvalue weighted by atomic mass is 10.1. The number of halogens is 1. The molecule has 1 aromatic carbocycles. The van der Waals surface area contributed by atoms with Crippen LogP contribution in [0.5, 0.6) is 0 Å². The number of fused-ring (bicyclic) bond motifs is 2. The van der Waals surface area contributed by atoms with E-state index in [9.17, 15) is 0 Å². The summed E-state index contributed by atoms with van der Waals surface area (Å²) in [6, 6.07) is 10.0. The highest BCUT2D eigenvalue weighted by molar-refractivity contribution is 14.1. The lowest BCUT2D eigenvalue weighted by Gasteiger charge is -2.37. The van der Waals surface area contributed by atoms with Gasteiger partial charge in [-0.05, 0) is 66.7 Å². The van der Waals surface area contributed by atoms with Crippen molar-refractivity contribution in [2.24, 2.45) is 0 Å².